The molecule has 0 N–H and O–H groups in total. The van der Waals surface area contributed by atoms with Crippen LogP contribution in [-0.4, -0.2) is 16.6 Å². The van der Waals surface area contributed by atoms with Crippen molar-refractivity contribution in [2.24, 2.45) is 0 Å². The molecule has 2 aliphatic heterocycles. The first kappa shape index (κ1) is 12.7. The van der Waals surface area contributed by atoms with Crippen LogP contribution in [0, 0.1) is 0 Å². The Morgan fingerprint density at radius 3 is 1.55 bits per heavy atom. The summed E-state index contributed by atoms with van der Waals surface area (Å²) in [6.07, 6.45) is 1.48. The molecule has 3 heterocycles. The number of rotatable bonds is 0. The summed E-state index contributed by atoms with van der Waals surface area (Å²) in [5.41, 5.74) is 3.47. The van der Waals surface area contributed by atoms with Gasteiger partial charge in [0.25, 0.3) is 0 Å². The molecule has 20 heavy (non-hydrogen) atoms. The summed E-state index contributed by atoms with van der Waals surface area (Å²) in [6, 6.07) is 13.3. The largest absolute Gasteiger partial charge is 0.299 e. The first-order valence-corrected chi connectivity index (χ1v) is 6.75. The maximum Gasteiger partial charge on any atom is 0.143 e. The number of nitrogens with zero attached hydrogens (tertiary/aromatic N) is 1. The van der Waals surface area contributed by atoms with Crippen LogP contribution in [0.15, 0.2) is 42.5 Å². The lowest BCUT2D eigenvalue weighted by Crippen LogP contribution is -2.10. The summed E-state index contributed by atoms with van der Waals surface area (Å²) in [5, 5.41) is 0. The van der Waals surface area contributed by atoms with Gasteiger partial charge in [-0.25, -0.2) is 0 Å². The van der Waals surface area contributed by atoms with Gasteiger partial charge in [-0.05, 0) is 23.3 Å². The van der Waals surface area contributed by atoms with E-state index in [-0.39, 0.29) is 11.6 Å². The number of pyridine rings is 1. The van der Waals surface area contributed by atoms with Gasteiger partial charge in [-0.1, -0.05) is 30.3 Å². The topological polar surface area (TPSA) is 47.0 Å². The minimum atomic E-state index is 0.146. The fourth-order valence-corrected chi connectivity index (χ4v) is 2.49. The third-order valence-corrected chi connectivity index (χ3v) is 3.45. The number of carbonyl (C=O) groups is 2. The molecule has 0 radical (unpaired) electrons. The molecule has 0 aliphatic carbocycles. The Morgan fingerprint density at radius 2 is 1.10 bits per heavy atom. The van der Waals surface area contributed by atoms with Gasteiger partial charge in [-0.2, -0.15) is 0 Å². The molecule has 1 aromatic heterocycles. The van der Waals surface area contributed by atoms with Crippen LogP contribution in [0.2, 0.25) is 0 Å². The van der Waals surface area contributed by atoms with Crippen molar-refractivity contribution in [2.45, 2.75) is 25.7 Å². The van der Waals surface area contributed by atoms with Crippen LogP contribution in [-0.2, 0) is 35.3 Å². The number of benzene rings is 1. The maximum atomic E-state index is 12.0. The predicted octanol–water partition coefficient (Wildman–Crippen LogP) is 2.10. The average Bonchev–Trinajstić information content (AvgIpc) is 2.41. The molecule has 0 atom stereocenters. The first-order chi connectivity index (χ1) is 9.69. The summed E-state index contributed by atoms with van der Waals surface area (Å²) >= 11 is 0. The molecule has 4 rings (SSSR count). The Labute approximate surface area is 117 Å². The van der Waals surface area contributed by atoms with Crippen molar-refractivity contribution in [1.29, 1.82) is 0 Å². The van der Waals surface area contributed by atoms with E-state index in [1.807, 2.05) is 42.5 Å². The monoisotopic (exact) mass is 265 g/mol. The Morgan fingerprint density at radius 1 is 0.650 bits per heavy atom. The predicted molar refractivity (Wildman–Crippen MR) is 75.5 cm³/mol. The Hall–Kier alpha value is -2.29. The smallest absolute Gasteiger partial charge is 0.143 e. The molecule has 0 saturated carbocycles. The van der Waals surface area contributed by atoms with E-state index in [4.69, 9.17) is 0 Å². The Bertz CT molecular complexity index is 605. The summed E-state index contributed by atoms with van der Waals surface area (Å²) in [6.45, 7) is 0. The van der Waals surface area contributed by atoms with Gasteiger partial charge in [0.05, 0.1) is 0 Å². The Kier molecular flexibility index (Phi) is 3.42. The number of aromatic nitrogens is 1. The normalized spacial score (nSPS) is 15.4. The number of Topliss-reactive ketones (excluding diaryl/α,β-unsaturated/α-hetero) is 2. The zero-order valence-electron chi connectivity index (χ0n) is 11.1. The zero-order valence-corrected chi connectivity index (χ0v) is 11.1. The average molecular weight is 265 g/mol. The van der Waals surface area contributed by atoms with Crippen molar-refractivity contribution in [3.05, 3.63) is 65.0 Å². The second kappa shape index (κ2) is 5.37. The summed E-state index contributed by atoms with van der Waals surface area (Å²) in [7, 11) is 0. The molecule has 3 nitrogen and oxygen atoms in total. The minimum absolute atomic E-state index is 0.146. The van der Waals surface area contributed by atoms with E-state index in [0.29, 0.717) is 25.7 Å². The third kappa shape index (κ3) is 2.99. The maximum absolute atomic E-state index is 12.0. The molecule has 0 amide bonds. The van der Waals surface area contributed by atoms with Gasteiger partial charge in [0, 0.05) is 37.1 Å². The lowest BCUT2D eigenvalue weighted by Gasteiger charge is -2.03. The van der Waals surface area contributed by atoms with Crippen molar-refractivity contribution < 1.29 is 9.59 Å². The van der Waals surface area contributed by atoms with Gasteiger partial charge in [-0.15, -0.1) is 0 Å². The van der Waals surface area contributed by atoms with Crippen molar-refractivity contribution in [3.63, 3.8) is 0 Å². The second-order valence-corrected chi connectivity index (χ2v) is 5.22. The standard InChI is InChI=1S/C17H15NO2/c19-16-8-12-4-6-13(7-5-12)9-17(20)11-15-3-1-2-14(10-16)18-15/h1-7H,8-11H2. The van der Waals surface area contributed by atoms with Crippen molar-refractivity contribution >= 4 is 11.6 Å². The summed E-state index contributed by atoms with van der Waals surface area (Å²) in [4.78, 5) is 28.5. The van der Waals surface area contributed by atoms with Crippen molar-refractivity contribution in [3.8, 4) is 0 Å². The van der Waals surface area contributed by atoms with Crippen LogP contribution in [0.1, 0.15) is 22.5 Å². The van der Waals surface area contributed by atoms with E-state index < -0.39 is 0 Å². The molecule has 0 unspecified atom stereocenters. The van der Waals surface area contributed by atoms with Crippen LogP contribution in [0.3, 0.4) is 0 Å². The molecular formula is C17H15NO2. The lowest BCUT2D eigenvalue weighted by molar-refractivity contribution is -0.118. The van der Waals surface area contributed by atoms with Crippen LogP contribution < -0.4 is 0 Å². The highest BCUT2D eigenvalue weighted by Gasteiger charge is 2.11. The molecule has 0 saturated heterocycles. The van der Waals surface area contributed by atoms with Crippen molar-refractivity contribution in [1.82, 2.24) is 4.98 Å². The number of hydrogen-bond acceptors (Lipinski definition) is 3. The van der Waals surface area contributed by atoms with E-state index in [1.165, 1.54) is 0 Å². The Balaban J connectivity index is 1.97. The van der Waals surface area contributed by atoms with Crippen LogP contribution in [0.5, 0.6) is 0 Å². The molecule has 0 fully saturated rings. The highest BCUT2D eigenvalue weighted by atomic mass is 16.1. The van der Waals surface area contributed by atoms with E-state index in [0.717, 1.165) is 22.5 Å². The molecule has 2 aromatic rings. The van der Waals surface area contributed by atoms with Crippen LogP contribution >= 0.6 is 0 Å². The molecule has 1 aromatic carbocycles. The van der Waals surface area contributed by atoms with Crippen molar-refractivity contribution in [2.75, 3.05) is 0 Å². The van der Waals surface area contributed by atoms with E-state index in [9.17, 15) is 9.59 Å². The van der Waals surface area contributed by atoms with Gasteiger partial charge < -0.3 is 0 Å². The lowest BCUT2D eigenvalue weighted by atomic mass is 10.0. The second-order valence-electron chi connectivity index (χ2n) is 5.22. The molecule has 0 spiro atoms. The number of carbonyl (C=O) groups excluding carboxylic acids is 2. The van der Waals surface area contributed by atoms with Gasteiger partial charge in [0.1, 0.15) is 11.6 Å². The summed E-state index contributed by atoms with van der Waals surface area (Å²) in [5.74, 6) is 0.293. The fraction of sp³-hybridized carbons (Fsp3) is 0.235. The van der Waals surface area contributed by atoms with E-state index >= 15 is 0 Å². The number of ketones is 2. The van der Waals surface area contributed by atoms with Gasteiger partial charge in [0.15, 0.2) is 0 Å². The highest BCUT2D eigenvalue weighted by Crippen LogP contribution is 2.11. The molecule has 2 aliphatic rings. The van der Waals surface area contributed by atoms with Gasteiger partial charge in [-0.3, -0.25) is 14.6 Å². The third-order valence-electron chi connectivity index (χ3n) is 3.45. The molecule has 4 bridgehead atoms. The number of hydrogen-bond donors (Lipinski definition) is 0. The minimum Gasteiger partial charge on any atom is -0.299 e. The SMILES string of the molecule is O=C1Cc2ccc(cc2)CC(=O)Cc2cccc(n2)C1. The fourth-order valence-electron chi connectivity index (χ4n) is 2.49. The molecule has 100 valence electrons. The molecular weight excluding hydrogens is 250 g/mol. The first-order valence-electron chi connectivity index (χ1n) is 6.75. The summed E-state index contributed by atoms with van der Waals surface area (Å²) < 4.78 is 0. The molecule has 3 heteroatoms. The van der Waals surface area contributed by atoms with E-state index in [1.54, 1.807) is 0 Å². The van der Waals surface area contributed by atoms with Crippen LogP contribution in [0.25, 0.3) is 0 Å². The van der Waals surface area contributed by atoms with Crippen LogP contribution in [0.4, 0.5) is 0 Å². The highest BCUT2D eigenvalue weighted by molar-refractivity contribution is 5.84. The van der Waals surface area contributed by atoms with Gasteiger partial charge >= 0.3 is 0 Å². The quantitative estimate of drug-likeness (QED) is 0.733. The number of fused-ring (bicyclic) bond motifs is 6. The van der Waals surface area contributed by atoms with Gasteiger partial charge in [0.2, 0.25) is 0 Å². The zero-order chi connectivity index (χ0) is 13.9. The van der Waals surface area contributed by atoms with E-state index in [2.05, 4.69) is 4.98 Å².